The fourth-order valence-electron chi connectivity index (χ4n) is 3.55. The maximum absolute atomic E-state index is 13.2. The van der Waals surface area contributed by atoms with Crippen LogP contribution in [0.1, 0.15) is 38.1 Å². The van der Waals surface area contributed by atoms with Gasteiger partial charge in [0, 0.05) is 32.1 Å². The molecular weight excluding hydrogens is 490 g/mol. The van der Waals surface area contributed by atoms with Crippen LogP contribution in [0.2, 0.25) is 0 Å². The van der Waals surface area contributed by atoms with E-state index in [1.807, 2.05) is 0 Å². The van der Waals surface area contributed by atoms with E-state index in [4.69, 9.17) is 9.47 Å². The molecule has 0 aliphatic rings. The summed E-state index contributed by atoms with van der Waals surface area (Å²) in [7, 11) is 1.52. The van der Waals surface area contributed by atoms with Gasteiger partial charge in [0.25, 0.3) is 5.56 Å². The second-order valence-corrected chi connectivity index (χ2v) is 9.30. The molecule has 38 heavy (non-hydrogen) atoms. The van der Waals surface area contributed by atoms with Crippen molar-refractivity contribution in [3.05, 3.63) is 70.9 Å². The van der Waals surface area contributed by atoms with Gasteiger partial charge in [-0.1, -0.05) is 6.07 Å². The van der Waals surface area contributed by atoms with Crippen molar-refractivity contribution in [3.63, 3.8) is 0 Å². The second kappa shape index (κ2) is 10.8. The average molecular weight is 520 g/mol. The van der Waals surface area contributed by atoms with Crippen LogP contribution in [0.5, 0.6) is 0 Å². The molecule has 1 N–H and O–H groups in total. The Balaban J connectivity index is 1.80. The van der Waals surface area contributed by atoms with Crippen LogP contribution < -0.4 is 15.8 Å². The lowest BCUT2D eigenvalue weighted by Crippen LogP contribution is -2.35. The van der Waals surface area contributed by atoms with Crippen molar-refractivity contribution in [2.24, 2.45) is 0 Å². The van der Waals surface area contributed by atoms with Crippen molar-refractivity contribution in [1.29, 1.82) is 0 Å². The molecule has 4 aromatic heterocycles. The van der Waals surface area contributed by atoms with E-state index in [-0.39, 0.29) is 46.5 Å². The summed E-state index contributed by atoms with van der Waals surface area (Å²) in [6.45, 7) is 7.28. The summed E-state index contributed by atoms with van der Waals surface area (Å²) in [5, 5.41) is 7.32. The molecule has 0 aliphatic carbocycles. The van der Waals surface area contributed by atoms with E-state index < -0.39 is 11.7 Å². The summed E-state index contributed by atoms with van der Waals surface area (Å²) >= 11 is 0. The average Bonchev–Trinajstić information content (AvgIpc) is 3.31. The van der Waals surface area contributed by atoms with Crippen molar-refractivity contribution in [1.82, 2.24) is 24.1 Å². The van der Waals surface area contributed by atoms with Gasteiger partial charge >= 0.3 is 6.09 Å². The van der Waals surface area contributed by atoms with Crippen LogP contribution in [0, 0.1) is 0 Å². The minimum Gasteiger partial charge on any atom is -0.443 e. The predicted molar refractivity (Wildman–Crippen MR) is 142 cm³/mol. The van der Waals surface area contributed by atoms with Gasteiger partial charge in [0.2, 0.25) is 0 Å². The molecule has 12 nitrogen and oxygen atoms in total. The van der Waals surface area contributed by atoms with Crippen LogP contribution in [0.3, 0.4) is 0 Å². The highest BCUT2D eigenvalue weighted by atomic mass is 16.6. The number of pyridine rings is 2. The van der Waals surface area contributed by atoms with Gasteiger partial charge in [0.05, 0.1) is 11.8 Å². The number of rotatable bonds is 8. The number of ketones is 1. The normalized spacial score (nSPS) is 11.4. The summed E-state index contributed by atoms with van der Waals surface area (Å²) in [5.74, 6) is 0.608. The van der Waals surface area contributed by atoms with Gasteiger partial charge in [-0.25, -0.2) is 14.8 Å². The Morgan fingerprint density at radius 3 is 2.63 bits per heavy atom. The van der Waals surface area contributed by atoms with Crippen LogP contribution in [-0.2, 0) is 9.47 Å². The zero-order chi connectivity index (χ0) is 27.4. The van der Waals surface area contributed by atoms with Crippen LogP contribution in [0.25, 0.3) is 11.5 Å². The van der Waals surface area contributed by atoms with Gasteiger partial charge in [-0.05, 0) is 52.0 Å². The van der Waals surface area contributed by atoms with Crippen molar-refractivity contribution in [3.8, 4) is 5.82 Å². The fourth-order valence-corrected chi connectivity index (χ4v) is 3.55. The Labute approximate surface area is 218 Å². The molecular formula is C26H29N7O5. The molecule has 1 amide bonds. The van der Waals surface area contributed by atoms with E-state index in [0.29, 0.717) is 12.4 Å². The summed E-state index contributed by atoms with van der Waals surface area (Å²) in [6, 6.07) is 10.1. The third-order valence-corrected chi connectivity index (χ3v) is 5.31. The van der Waals surface area contributed by atoms with Gasteiger partial charge in [-0.3, -0.25) is 19.1 Å². The van der Waals surface area contributed by atoms with Crippen LogP contribution in [0.15, 0.2) is 59.8 Å². The highest BCUT2D eigenvalue weighted by molar-refractivity contribution is 6.02. The zero-order valence-corrected chi connectivity index (χ0v) is 21.8. The number of carbonyl (C=O) groups excluding carboxylic acids is 2. The molecule has 0 spiro atoms. The fraction of sp³-hybridized carbons (Fsp3) is 0.308. The zero-order valence-electron chi connectivity index (χ0n) is 21.8. The number of anilines is 3. The molecule has 12 heteroatoms. The van der Waals surface area contributed by atoms with E-state index in [1.54, 1.807) is 70.4 Å². The first kappa shape index (κ1) is 26.5. The first-order valence-corrected chi connectivity index (χ1v) is 12.0. The molecule has 0 fully saturated rings. The smallest absolute Gasteiger partial charge is 0.415 e. The van der Waals surface area contributed by atoms with Gasteiger partial charge in [-0.15, -0.1) is 0 Å². The molecule has 0 bridgehead atoms. The molecule has 0 saturated carbocycles. The van der Waals surface area contributed by atoms with Gasteiger partial charge in [0.1, 0.15) is 35.3 Å². The molecule has 0 radical (unpaired) electrons. The largest absolute Gasteiger partial charge is 0.443 e. The predicted octanol–water partition coefficient (Wildman–Crippen LogP) is 3.61. The maximum Gasteiger partial charge on any atom is 0.415 e. The number of carbonyl (C=O) groups is 2. The number of hydrogen-bond acceptors (Lipinski definition) is 9. The Bertz CT molecular complexity index is 1520. The molecule has 0 aromatic carbocycles. The quantitative estimate of drug-likeness (QED) is 0.347. The molecule has 0 saturated heterocycles. The lowest BCUT2D eigenvalue weighted by Gasteiger charge is -2.25. The number of hydrogen-bond donors (Lipinski definition) is 1. The highest BCUT2D eigenvalue weighted by Gasteiger charge is 2.25. The van der Waals surface area contributed by atoms with Crippen LogP contribution >= 0.6 is 0 Å². The Morgan fingerprint density at radius 2 is 1.95 bits per heavy atom. The minimum atomic E-state index is -0.734. The second-order valence-electron chi connectivity index (χ2n) is 9.30. The number of fused-ring (bicyclic) bond motifs is 1. The number of nitrogens with zero attached hydrogens (tertiary/aromatic N) is 6. The topological polar surface area (TPSA) is 133 Å². The monoisotopic (exact) mass is 519 g/mol. The first-order chi connectivity index (χ1) is 18.1. The molecule has 4 heterocycles. The van der Waals surface area contributed by atoms with E-state index in [2.05, 4.69) is 20.4 Å². The van der Waals surface area contributed by atoms with Gasteiger partial charge in [0.15, 0.2) is 11.4 Å². The number of Topliss-reactive ketones (excluding diaryl/α,β-unsaturated/α-hetero) is 1. The summed E-state index contributed by atoms with van der Waals surface area (Å²) in [6.07, 6.45) is 3.94. The van der Waals surface area contributed by atoms with Crippen LogP contribution in [-0.4, -0.2) is 61.9 Å². The van der Waals surface area contributed by atoms with E-state index >= 15 is 0 Å². The van der Waals surface area contributed by atoms with Gasteiger partial charge in [-0.2, -0.15) is 9.61 Å². The SMILES string of the molecule is CCOCC(=O)c1cnn2c(N(C)C(=O)OC(C)(C)C)cc(Nc3cccn(-c4ccccn4)c3=O)nc12. The van der Waals surface area contributed by atoms with Gasteiger partial charge < -0.3 is 14.8 Å². The summed E-state index contributed by atoms with van der Waals surface area (Å²) < 4.78 is 13.5. The Kier molecular flexibility index (Phi) is 7.53. The van der Waals surface area contributed by atoms with Crippen molar-refractivity contribution >= 4 is 34.8 Å². The molecule has 0 unspecified atom stereocenters. The molecule has 198 valence electrons. The number of amides is 1. The molecule has 4 aromatic rings. The lowest BCUT2D eigenvalue weighted by molar-refractivity contribution is 0.0587. The number of ether oxygens (including phenoxy) is 2. The Hall–Kier alpha value is -4.58. The number of nitrogens with one attached hydrogen (secondary N) is 1. The van der Waals surface area contributed by atoms with Crippen molar-refractivity contribution in [2.75, 3.05) is 30.5 Å². The lowest BCUT2D eigenvalue weighted by atomic mass is 10.2. The third-order valence-electron chi connectivity index (χ3n) is 5.31. The third kappa shape index (κ3) is 5.70. The highest BCUT2D eigenvalue weighted by Crippen LogP contribution is 2.25. The molecule has 0 aliphatic heterocycles. The van der Waals surface area contributed by atoms with E-state index in [0.717, 1.165) is 0 Å². The summed E-state index contributed by atoms with van der Waals surface area (Å²) in [4.78, 5) is 49.0. The number of aromatic nitrogens is 5. The van der Waals surface area contributed by atoms with Crippen molar-refractivity contribution in [2.45, 2.75) is 33.3 Å². The first-order valence-electron chi connectivity index (χ1n) is 12.0. The van der Waals surface area contributed by atoms with E-state index in [1.165, 1.54) is 33.3 Å². The maximum atomic E-state index is 13.2. The molecule has 0 atom stereocenters. The summed E-state index contributed by atoms with van der Waals surface area (Å²) in [5.41, 5.74) is -0.494. The minimum absolute atomic E-state index is 0.151. The van der Waals surface area contributed by atoms with Crippen LogP contribution in [0.4, 0.5) is 22.1 Å². The Morgan fingerprint density at radius 1 is 1.16 bits per heavy atom. The molecule has 4 rings (SSSR count). The van der Waals surface area contributed by atoms with Crippen molar-refractivity contribution < 1.29 is 19.1 Å². The van der Waals surface area contributed by atoms with E-state index in [9.17, 15) is 14.4 Å². The standard InChI is InChI=1S/C26H29N7O5/c1-6-37-16-19(34)17-15-28-33-22(31(5)25(36)38-26(2,3)4)14-20(30-23(17)33)29-18-10-9-13-32(24(18)35)21-11-7-8-12-27-21/h7-15H,6,16H2,1-5H3,(H,29,30).